The Balaban J connectivity index is 1.33. The van der Waals surface area contributed by atoms with E-state index in [9.17, 15) is 0 Å². The molecule has 7 aromatic carbocycles. The molecule has 54 heavy (non-hydrogen) atoms. The van der Waals surface area contributed by atoms with Crippen LogP contribution in [0.15, 0.2) is 164 Å². The summed E-state index contributed by atoms with van der Waals surface area (Å²) in [5, 5.41) is 5.77. The molecule has 0 amide bonds. The van der Waals surface area contributed by atoms with Crippen molar-refractivity contribution in [1.82, 2.24) is 15.0 Å². The van der Waals surface area contributed by atoms with E-state index < -0.39 is 16.1 Å². The summed E-state index contributed by atoms with van der Waals surface area (Å²) in [6.45, 7) is 9.90. The predicted octanol–water partition coefficient (Wildman–Crippen LogP) is 9.81. The fraction of sp³-hybridized carbons (Fsp3) is 0.0816. The third kappa shape index (κ3) is 4.96. The number of aromatic nitrogens is 3. The molecule has 5 heteroatoms. The van der Waals surface area contributed by atoms with Gasteiger partial charge in [-0.3, -0.25) is 0 Å². The Labute approximate surface area is 319 Å². The minimum atomic E-state index is -2.05. The zero-order valence-corrected chi connectivity index (χ0v) is 32.9. The van der Waals surface area contributed by atoms with Crippen LogP contribution < -0.4 is 20.7 Å². The van der Waals surface area contributed by atoms with E-state index in [1.807, 2.05) is 6.07 Å². The smallest absolute Gasteiger partial charge is 0.165 e. The lowest BCUT2D eigenvalue weighted by Crippen LogP contribution is -2.49. The van der Waals surface area contributed by atoms with Gasteiger partial charge in [0.25, 0.3) is 0 Å². The Hall–Kier alpha value is -6.02. The Morgan fingerprint density at radius 1 is 0.296 bits per heavy atom. The molecule has 0 spiro atoms. The van der Waals surface area contributed by atoms with Crippen molar-refractivity contribution in [1.29, 1.82) is 0 Å². The molecular weight excluding hydrogens is 687 g/mol. The van der Waals surface area contributed by atoms with Gasteiger partial charge < -0.3 is 0 Å². The van der Waals surface area contributed by atoms with Gasteiger partial charge in [-0.25, -0.2) is 15.0 Å². The number of hydrogen-bond acceptors (Lipinski definition) is 3. The topological polar surface area (TPSA) is 38.7 Å². The van der Waals surface area contributed by atoms with E-state index in [4.69, 9.17) is 15.0 Å². The third-order valence-corrected chi connectivity index (χ3v) is 18.8. The van der Waals surface area contributed by atoms with E-state index in [0.717, 1.165) is 27.8 Å². The number of hydrogen-bond donors (Lipinski definition) is 0. The molecule has 3 heterocycles. The van der Waals surface area contributed by atoms with E-state index in [-0.39, 0.29) is 0 Å². The van der Waals surface area contributed by atoms with Crippen LogP contribution in [0.2, 0.25) is 26.2 Å². The van der Waals surface area contributed by atoms with E-state index in [1.165, 1.54) is 54.1 Å². The molecule has 258 valence electrons. The highest BCUT2D eigenvalue weighted by Crippen LogP contribution is 2.44. The number of nitrogens with zero attached hydrogens (tertiary/aromatic N) is 3. The molecule has 0 unspecified atom stereocenters. The maximum atomic E-state index is 5.63. The van der Waals surface area contributed by atoms with Crippen LogP contribution >= 0.6 is 0 Å². The minimum absolute atomic E-state index is 0.677. The molecule has 0 atom stereocenters. The van der Waals surface area contributed by atoms with Crippen molar-refractivity contribution in [3.8, 4) is 78.7 Å². The minimum Gasteiger partial charge on any atom is -0.208 e. The highest BCUT2D eigenvalue weighted by molar-refractivity contribution is 7.04. The molecule has 2 aliphatic heterocycles. The number of fused-ring (bicyclic) bond motifs is 6. The van der Waals surface area contributed by atoms with E-state index in [1.54, 1.807) is 0 Å². The van der Waals surface area contributed by atoms with Crippen LogP contribution in [0.4, 0.5) is 0 Å². The Morgan fingerprint density at radius 2 is 0.796 bits per heavy atom. The van der Waals surface area contributed by atoms with Crippen LogP contribution in [0, 0.1) is 0 Å². The molecule has 0 saturated carbocycles. The first kappa shape index (κ1) is 32.6. The second-order valence-corrected chi connectivity index (χ2v) is 24.3. The van der Waals surface area contributed by atoms with E-state index in [2.05, 4.69) is 184 Å². The van der Waals surface area contributed by atoms with Crippen molar-refractivity contribution in [3.05, 3.63) is 164 Å². The van der Waals surface area contributed by atoms with Crippen LogP contribution in [0.5, 0.6) is 0 Å². The van der Waals surface area contributed by atoms with Crippen molar-refractivity contribution in [2.75, 3.05) is 0 Å². The monoisotopic (exact) mass is 725 g/mol. The Kier molecular flexibility index (Phi) is 7.41. The summed E-state index contributed by atoms with van der Waals surface area (Å²) in [7, 11) is -4.06. The molecule has 0 fully saturated rings. The SMILES string of the molecule is C[Si]1(C)c2ccccc2-c2c(-c3nc(-c4ccccc4)nc(-c4c(-c5ccccc5)ccc5c4-c4ccccc4[Si]5(C)C)n3)cc(-c3ccccc3)cc21. The summed E-state index contributed by atoms with van der Waals surface area (Å²) < 4.78 is 0. The van der Waals surface area contributed by atoms with E-state index >= 15 is 0 Å². The Bertz CT molecular complexity index is 2760. The molecule has 10 rings (SSSR count). The van der Waals surface area contributed by atoms with Crippen LogP contribution in [0.1, 0.15) is 0 Å². The molecule has 0 radical (unpaired) electrons. The van der Waals surface area contributed by atoms with Crippen molar-refractivity contribution in [2.45, 2.75) is 26.2 Å². The lowest BCUT2D eigenvalue weighted by Gasteiger charge is -2.21. The lowest BCUT2D eigenvalue weighted by atomic mass is 9.91. The molecule has 0 bridgehead atoms. The van der Waals surface area contributed by atoms with Crippen LogP contribution in [0.3, 0.4) is 0 Å². The van der Waals surface area contributed by atoms with Gasteiger partial charge in [-0.2, -0.15) is 0 Å². The first-order chi connectivity index (χ1) is 26.3. The fourth-order valence-electron chi connectivity index (χ4n) is 9.00. The normalized spacial score (nSPS) is 14.2. The first-order valence-electron chi connectivity index (χ1n) is 18.8. The van der Waals surface area contributed by atoms with Gasteiger partial charge >= 0.3 is 0 Å². The average Bonchev–Trinajstić information content (AvgIpc) is 3.60. The van der Waals surface area contributed by atoms with E-state index in [0.29, 0.717) is 17.5 Å². The summed E-state index contributed by atoms with van der Waals surface area (Å²) in [5.41, 5.74) is 12.9. The largest absolute Gasteiger partial charge is 0.208 e. The molecule has 0 N–H and O–H groups in total. The molecule has 0 aliphatic carbocycles. The van der Waals surface area contributed by atoms with Crippen molar-refractivity contribution in [3.63, 3.8) is 0 Å². The van der Waals surface area contributed by atoms with Crippen LogP contribution in [0.25, 0.3) is 78.7 Å². The van der Waals surface area contributed by atoms with Crippen molar-refractivity contribution < 1.29 is 0 Å². The van der Waals surface area contributed by atoms with Gasteiger partial charge in [0.2, 0.25) is 0 Å². The highest BCUT2D eigenvalue weighted by Gasteiger charge is 2.41. The van der Waals surface area contributed by atoms with Crippen molar-refractivity contribution in [2.24, 2.45) is 0 Å². The summed E-state index contributed by atoms with van der Waals surface area (Å²) in [5.74, 6) is 2.09. The van der Waals surface area contributed by atoms with Gasteiger partial charge in [0.1, 0.15) is 16.1 Å². The highest BCUT2D eigenvalue weighted by atomic mass is 28.3. The summed E-state index contributed by atoms with van der Waals surface area (Å²) in [4.78, 5) is 16.5. The fourth-order valence-corrected chi connectivity index (χ4v) is 15.2. The van der Waals surface area contributed by atoms with Crippen LogP contribution in [-0.4, -0.2) is 31.1 Å². The second-order valence-electron chi connectivity index (χ2n) is 15.6. The van der Waals surface area contributed by atoms with Crippen molar-refractivity contribution >= 4 is 36.9 Å². The summed E-state index contributed by atoms with van der Waals surface area (Å²) in [6.07, 6.45) is 0. The molecule has 2 aliphatic rings. The lowest BCUT2D eigenvalue weighted by molar-refractivity contribution is 1.08. The van der Waals surface area contributed by atoms with Gasteiger partial charge in [0, 0.05) is 16.7 Å². The Morgan fingerprint density at radius 3 is 1.44 bits per heavy atom. The third-order valence-electron chi connectivity index (χ3n) is 11.8. The molecule has 1 aromatic heterocycles. The maximum Gasteiger partial charge on any atom is 0.165 e. The molecular formula is C49H39N3Si2. The maximum absolute atomic E-state index is 5.63. The predicted molar refractivity (Wildman–Crippen MR) is 231 cm³/mol. The van der Waals surface area contributed by atoms with Gasteiger partial charge in [-0.05, 0) is 71.3 Å². The van der Waals surface area contributed by atoms with Gasteiger partial charge in [0.15, 0.2) is 17.5 Å². The van der Waals surface area contributed by atoms with Gasteiger partial charge in [0.05, 0.1) is 0 Å². The first-order valence-corrected chi connectivity index (χ1v) is 24.8. The number of rotatable bonds is 5. The summed E-state index contributed by atoms with van der Waals surface area (Å²) in [6, 6.07) is 59.3. The second kappa shape index (κ2) is 12.3. The number of benzene rings is 7. The van der Waals surface area contributed by atoms with Gasteiger partial charge in [-0.1, -0.05) is 184 Å². The summed E-state index contributed by atoms with van der Waals surface area (Å²) >= 11 is 0. The zero-order chi connectivity index (χ0) is 36.6. The average molecular weight is 726 g/mol. The molecule has 3 nitrogen and oxygen atoms in total. The standard InChI is InChI=1S/C49H39N3Si2/c1-53(2)41-27-17-15-25-38(41)45-42(53)29-28-36(33-20-10-6-11-21-33)46(45)49-51-47(34-22-12-7-13-23-34)50-48(52-49)39-30-35(32-18-8-5-9-19-32)31-43-44(39)37-24-14-16-26-40(37)54(43,3)4/h5-31H,1-4H3. The van der Waals surface area contributed by atoms with Gasteiger partial charge in [-0.15, -0.1) is 0 Å². The quantitative estimate of drug-likeness (QED) is 0.166. The van der Waals surface area contributed by atoms with Crippen LogP contribution in [-0.2, 0) is 0 Å². The zero-order valence-electron chi connectivity index (χ0n) is 30.9. The molecule has 8 aromatic rings. The molecule has 0 saturated heterocycles.